The van der Waals surface area contributed by atoms with E-state index in [0.29, 0.717) is 6.61 Å². The van der Waals surface area contributed by atoms with Gasteiger partial charge in [-0.25, -0.2) is 9.59 Å². The van der Waals surface area contributed by atoms with E-state index in [1.165, 1.54) is 13.0 Å². The fourth-order valence-electron chi connectivity index (χ4n) is 1.86. The molecule has 0 aliphatic heterocycles. The summed E-state index contributed by atoms with van der Waals surface area (Å²) >= 11 is 0. The fourth-order valence-corrected chi connectivity index (χ4v) is 1.86. The van der Waals surface area contributed by atoms with Gasteiger partial charge in [0.05, 0.1) is 6.61 Å². The van der Waals surface area contributed by atoms with Gasteiger partial charge in [0.1, 0.15) is 5.75 Å². The van der Waals surface area contributed by atoms with Gasteiger partial charge in [0.25, 0.3) is 5.91 Å². The van der Waals surface area contributed by atoms with Gasteiger partial charge in [0, 0.05) is 11.6 Å². The maximum atomic E-state index is 11.9. The second-order valence-corrected chi connectivity index (χ2v) is 6.61. The molecule has 2 N–H and O–H groups in total. The summed E-state index contributed by atoms with van der Waals surface area (Å²) in [7, 11) is 0. The molecule has 0 radical (unpaired) electrons. The van der Waals surface area contributed by atoms with Crippen LogP contribution in [0.4, 0.5) is 4.79 Å². The van der Waals surface area contributed by atoms with Crippen LogP contribution in [0.1, 0.15) is 40.2 Å². The van der Waals surface area contributed by atoms with E-state index < -0.39 is 29.6 Å². The molecule has 0 bridgehead atoms. The zero-order valence-electron chi connectivity index (χ0n) is 15.8. The largest absolute Gasteiger partial charge is 0.494 e. The van der Waals surface area contributed by atoms with Crippen molar-refractivity contribution in [3.63, 3.8) is 0 Å². The van der Waals surface area contributed by atoms with Gasteiger partial charge in [-0.1, -0.05) is 12.1 Å². The molecule has 0 fully saturated rings. The summed E-state index contributed by atoms with van der Waals surface area (Å²) in [6, 6.07) is 6.52. The highest BCUT2D eigenvalue weighted by molar-refractivity contribution is 5.98. The monoisotopic (exact) mass is 362 g/mol. The molecule has 0 heterocycles. The predicted octanol–water partition coefficient (Wildman–Crippen LogP) is 2.65. The minimum absolute atomic E-state index is 0.481. The number of benzene rings is 1. The van der Waals surface area contributed by atoms with E-state index >= 15 is 0 Å². The van der Waals surface area contributed by atoms with Gasteiger partial charge < -0.3 is 14.8 Å². The van der Waals surface area contributed by atoms with Crippen LogP contribution in [-0.2, 0) is 14.3 Å². The summed E-state index contributed by atoms with van der Waals surface area (Å²) in [4.78, 5) is 35.3. The molecule has 0 spiro atoms. The standard InChI is InChI=1S/C19H26N2O5/c1-6-25-15-10-7-14(8-11-15)9-12-16(22)26-13(2)17(23)20-18(24)21-19(3,4)5/h7-13H,6H2,1-5H3,(H2,20,21,23,24)/b12-9+/t13-/m1/s1. The molecule has 0 aliphatic carbocycles. The molecule has 1 rings (SSSR count). The molecule has 0 saturated heterocycles. The third kappa shape index (κ3) is 8.32. The SMILES string of the molecule is CCOc1ccc(/C=C/C(=O)O[C@H](C)C(=O)NC(=O)NC(C)(C)C)cc1. The molecular formula is C19H26N2O5. The average molecular weight is 362 g/mol. The first-order valence-electron chi connectivity index (χ1n) is 8.35. The number of rotatable bonds is 6. The van der Waals surface area contributed by atoms with Crippen molar-refractivity contribution in [2.75, 3.05) is 6.61 Å². The number of carbonyl (C=O) groups is 3. The third-order valence-corrected chi connectivity index (χ3v) is 2.99. The number of hydrogen-bond donors (Lipinski definition) is 2. The second-order valence-electron chi connectivity index (χ2n) is 6.61. The zero-order valence-corrected chi connectivity index (χ0v) is 15.8. The molecule has 26 heavy (non-hydrogen) atoms. The highest BCUT2D eigenvalue weighted by Gasteiger charge is 2.21. The van der Waals surface area contributed by atoms with Crippen LogP contribution in [0, 0.1) is 0 Å². The average Bonchev–Trinajstić information content (AvgIpc) is 2.52. The summed E-state index contributed by atoms with van der Waals surface area (Å²) in [6.45, 7) is 9.22. The molecule has 142 valence electrons. The Labute approximate surface area is 153 Å². The van der Waals surface area contributed by atoms with Gasteiger partial charge in [-0.3, -0.25) is 10.1 Å². The summed E-state index contributed by atoms with van der Waals surface area (Å²) in [5.74, 6) is -0.640. The lowest BCUT2D eigenvalue weighted by Crippen LogP contribution is -2.50. The van der Waals surface area contributed by atoms with E-state index in [-0.39, 0.29) is 0 Å². The Bertz CT molecular complexity index is 660. The zero-order chi connectivity index (χ0) is 19.7. The van der Waals surface area contributed by atoms with Gasteiger partial charge in [-0.15, -0.1) is 0 Å². The summed E-state index contributed by atoms with van der Waals surface area (Å²) < 4.78 is 10.3. The van der Waals surface area contributed by atoms with Crippen LogP contribution in [0.5, 0.6) is 5.75 Å². The van der Waals surface area contributed by atoms with Crippen LogP contribution in [0.15, 0.2) is 30.3 Å². The highest BCUT2D eigenvalue weighted by atomic mass is 16.5. The highest BCUT2D eigenvalue weighted by Crippen LogP contribution is 2.13. The van der Waals surface area contributed by atoms with Gasteiger partial charge >= 0.3 is 12.0 Å². The smallest absolute Gasteiger partial charge is 0.331 e. The van der Waals surface area contributed by atoms with E-state index in [1.807, 2.05) is 6.92 Å². The molecule has 3 amide bonds. The van der Waals surface area contributed by atoms with Crippen LogP contribution < -0.4 is 15.4 Å². The number of amides is 3. The van der Waals surface area contributed by atoms with E-state index in [1.54, 1.807) is 51.1 Å². The van der Waals surface area contributed by atoms with Gasteiger partial charge in [0.2, 0.25) is 0 Å². The number of imide groups is 1. The van der Waals surface area contributed by atoms with Crippen molar-refractivity contribution in [2.24, 2.45) is 0 Å². The summed E-state index contributed by atoms with van der Waals surface area (Å²) in [5, 5.41) is 4.71. The Kier molecular flexibility index (Phi) is 7.83. The Hall–Kier alpha value is -2.83. The molecule has 0 aliphatic rings. The topological polar surface area (TPSA) is 93.7 Å². The van der Waals surface area contributed by atoms with Crippen molar-refractivity contribution in [3.8, 4) is 5.75 Å². The Morgan fingerprint density at radius 3 is 2.31 bits per heavy atom. The van der Waals surface area contributed by atoms with Crippen molar-refractivity contribution in [1.82, 2.24) is 10.6 Å². The third-order valence-electron chi connectivity index (χ3n) is 2.99. The lowest BCUT2D eigenvalue weighted by atomic mass is 10.1. The Morgan fingerprint density at radius 1 is 1.15 bits per heavy atom. The maximum absolute atomic E-state index is 11.9. The van der Waals surface area contributed by atoms with Crippen molar-refractivity contribution < 1.29 is 23.9 Å². The van der Waals surface area contributed by atoms with E-state index in [2.05, 4.69) is 10.6 Å². The normalized spacial score (nSPS) is 12.3. The Balaban J connectivity index is 2.50. The molecule has 0 unspecified atom stereocenters. The van der Waals surface area contributed by atoms with Gasteiger partial charge in [0.15, 0.2) is 6.10 Å². The van der Waals surface area contributed by atoms with E-state index in [4.69, 9.17) is 9.47 Å². The molecule has 0 saturated carbocycles. The van der Waals surface area contributed by atoms with E-state index in [0.717, 1.165) is 11.3 Å². The van der Waals surface area contributed by atoms with Crippen LogP contribution in [0.3, 0.4) is 0 Å². The van der Waals surface area contributed by atoms with Crippen LogP contribution >= 0.6 is 0 Å². The number of urea groups is 1. The number of hydrogen-bond acceptors (Lipinski definition) is 5. The number of nitrogens with one attached hydrogen (secondary N) is 2. The van der Waals surface area contributed by atoms with Crippen molar-refractivity contribution in [2.45, 2.75) is 46.3 Å². The van der Waals surface area contributed by atoms with Crippen LogP contribution in [0.2, 0.25) is 0 Å². The summed E-state index contributed by atoms with van der Waals surface area (Å²) in [5.41, 5.74) is 0.303. The van der Waals surface area contributed by atoms with E-state index in [9.17, 15) is 14.4 Å². The second kappa shape index (κ2) is 9.60. The van der Waals surface area contributed by atoms with Gasteiger partial charge in [-0.2, -0.15) is 0 Å². The van der Waals surface area contributed by atoms with Crippen molar-refractivity contribution in [1.29, 1.82) is 0 Å². The van der Waals surface area contributed by atoms with Crippen LogP contribution in [0.25, 0.3) is 6.08 Å². The summed E-state index contributed by atoms with van der Waals surface area (Å²) in [6.07, 6.45) is 1.68. The number of ether oxygens (including phenoxy) is 2. The lowest BCUT2D eigenvalue weighted by Gasteiger charge is -2.21. The number of carbonyl (C=O) groups excluding carboxylic acids is 3. The molecule has 0 aromatic heterocycles. The molecule has 7 heteroatoms. The molecule has 1 aromatic rings. The Morgan fingerprint density at radius 2 is 1.77 bits per heavy atom. The molecular weight excluding hydrogens is 336 g/mol. The predicted molar refractivity (Wildman–Crippen MR) is 98.6 cm³/mol. The lowest BCUT2D eigenvalue weighted by molar-refractivity contribution is -0.149. The maximum Gasteiger partial charge on any atom is 0.331 e. The quantitative estimate of drug-likeness (QED) is 0.599. The van der Waals surface area contributed by atoms with Gasteiger partial charge in [-0.05, 0) is 58.4 Å². The first-order valence-corrected chi connectivity index (χ1v) is 8.35. The molecule has 7 nitrogen and oxygen atoms in total. The molecule has 1 aromatic carbocycles. The first kappa shape index (κ1) is 21.2. The van der Waals surface area contributed by atoms with Crippen molar-refractivity contribution in [3.05, 3.63) is 35.9 Å². The molecule has 1 atom stereocenters. The number of esters is 1. The fraction of sp³-hybridized carbons (Fsp3) is 0.421. The van der Waals surface area contributed by atoms with Crippen molar-refractivity contribution >= 4 is 24.0 Å². The van der Waals surface area contributed by atoms with Crippen LogP contribution in [-0.4, -0.2) is 36.2 Å². The minimum Gasteiger partial charge on any atom is -0.494 e. The first-order chi connectivity index (χ1) is 12.1. The minimum atomic E-state index is -1.10.